The zero-order chi connectivity index (χ0) is 13.5. The number of nitrogens with zero attached hydrogens (tertiary/aromatic N) is 1. The van der Waals surface area contributed by atoms with E-state index in [9.17, 15) is 8.42 Å². The Bertz CT molecular complexity index is 582. The molecule has 0 aromatic heterocycles. The number of rotatable bonds is 2. The van der Waals surface area contributed by atoms with E-state index in [2.05, 4.69) is 0 Å². The third kappa shape index (κ3) is 2.30. The fourth-order valence-electron chi connectivity index (χ4n) is 2.90. The third-order valence-electron chi connectivity index (χ3n) is 4.00. The predicted molar refractivity (Wildman–Crippen MR) is 72.4 cm³/mol. The molecule has 1 aromatic carbocycles. The van der Waals surface area contributed by atoms with Crippen LogP contribution < -0.4 is 0 Å². The van der Waals surface area contributed by atoms with Crippen LogP contribution in [0.4, 0.5) is 0 Å². The SMILES string of the molecule is CC1OCCN1S(=O)(=O)c1ccc2c(c1)CCCC2. The van der Waals surface area contributed by atoms with Crippen LogP contribution in [-0.2, 0) is 27.6 Å². The average Bonchev–Trinajstić information content (AvgIpc) is 2.85. The van der Waals surface area contributed by atoms with Crippen molar-refractivity contribution in [3.8, 4) is 0 Å². The highest BCUT2D eigenvalue weighted by Crippen LogP contribution is 2.27. The smallest absolute Gasteiger partial charge is 0.245 e. The molecule has 5 heteroatoms. The lowest BCUT2D eigenvalue weighted by atomic mass is 9.92. The monoisotopic (exact) mass is 281 g/mol. The first-order valence-corrected chi connectivity index (χ1v) is 8.28. The van der Waals surface area contributed by atoms with Crippen LogP contribution in [0.5, 0.6) is 0 Å². The molecule has 1 aliphatic carbocycles. The van der Waals surface area contributed by atoms with Crippen LogP contribution in [0.1, 0.15) is 30.9 Å². The molecule has 3 rings (SSSR count). The van der Waals surface area contributed by atoms with Gasteiger partial charge in [0.2, 0.25) is 10.0 Å². The molecule has 1 fully saturated rings. The van der Waals surface area contributed by atoms with Crippen molar-refractivity contribution < 1.29 is 13.2 Å². The minimum Gasteiger partial charge on any atom is -0.361 e. The van der Waals surface area contributed by atoms with E-state index in [0.717, 1.165) is 19.3 Å². The summed E-state index contributed by atoms with van der Waals surface area (Å²) < 4.78 is 31.9. The van der Waals surface area contributed by atoms with E-state index in [-0.39, 0.29) is 6.23 Å². The molecule has 104 valence electrons. The van der Waals surface area contributed by atoms with Gasteiger partial charge in [0.25, 0.3) is 0 Å². The minimum absolute atomic E-state index is 0.360. The van der Waals surface area contributed by atoms with Crippen LogP contribution in [0.15, 0.2) is 23.1 Å². The number of sulfonamides is 1. The predicted octanol–water partition coefficient (Wildman–Crippen LogP) is 1.93. The van der Waals surface area contributed by atoms with Crippen molar-refractivity contribution in [2.24, 2.45) is 0 Å². The quantitative estimate of drug-likeness (QED) is 0.832. The number of fused-ring (bicyclic) bond motifs is 1. The first-order valence-electron chi connectivity index (χ1n) is 6.84. The molecule has 1 heterocycles. The van der Waals surface area contributed by atoms with Gasteiger partial charge in [0.15, 0.2) is 0 Å². The molecule has 1 aliphatic heterocycles. The molecule has 1 saturated heterocycles. The molecule has 1 aromatic rings. The Kier molecular flexibility index (Phi) is 3.37. The number of hydrogen-bond donors (Lipinski definition) is 0. The van der Waals surface area contributed by atoms with Crippen molar-refractivity contribution in [2.75, 3.05) is 13.2 Å². The summed E-state index contributed by atoms with van der Waals surface area (Å²) in [6.07, 6.45) is 4.06. The normalized spacial score (nSPS) is 24.4. The highest BCUT2D eigenvalue weighted by molar-refractivity contribution is 7.89. The topological polar surface area (TPSA) is 46.6 Å². The second kappa shape index (κ2) is 4.89. The van der Waals surface area contributed by atoms with Crippen molar-refractivity contribution in [1.82, 2.24) is 4.31 Å². The lowest BCUT2D eigenvalue weighted by Gasteiger charge is -2.21. The van der Waals surface area contributed by atoms with Gasteiger partial charge in [0.1, 0.15) is 6.23 Å². The van der Waals surface area contributed by atoms with Gasteiger partial charge in [-0.05, 0) is 55.9 Å². The summed E-state index contributed by atoms with van der Waals surface area (Å²) in [7, 11) is -3.41. The van der Waals surface area contributed by atoms with Crippen LogP contribution >= 0.6 is 0 Å². The number of benzene rings is 1. The Morgan fingerprint density at radius 1 is 1.21 bits per heavy atom. The summed E-state index contributed by atoms with van der Waals surface area (Å²) in [5.74, 6) is 0. The summed E-state index contributed by atoms with van der Waals surface area (Å²) in [4.78, 5) is 0.408. The van der Waals surface area contributed by atoms with Crippen LogP contribution in [0, 0.1) is 0 Å². The van der Waals surface area contributed by atoms with Gasteiger partial charge in [-0.25, -0.2) is 8.42 Å². The second-order valence-corrected chi connectivity index (χ2v) is 7.11. The summed E-state index contributed by atoms with van der Waals surface area (Å²) in [5, 5.41) is 0. The van der Waals surface area contributed by atoms with E-state index in [4.69, 9.17) is 4.74 Å². The zero-order valence-electron chi connectivity index (χ0n) is 11.1. The van der Waals surface area contributed by atoms with Gasteiger partial charge in [-0.3, -0.25) is 0 Å². The van der Waals surface area contributed by atoms with Crippen LogP contribution in [0.25, 0.3) is 0 Å². The van der Waals surface area contributed by atoms with Crippen LogP contribution in [-0.4, -0.2) is 32.1 Å². The first-order chi connectivity index (χ1) is 9.09. The van der Waals surface area contributed by atoms with E-state index in [1.165, 1.54) is 21.9 Å². The molecular weight excluding hydrogens is 262 g/mol. The largest absolute Gasteiger partial charge is 0.361 e. The highest BCUT2D eigenvalue weighted by atomic mass is 32.2. The highest BCUT2D eigenvalue weighted by Gasteiger charge is 2.33. The molecule has 0 N–H and O–H groups in total. The van der Waals surface area contributed by atoms with E-state index >= 15 is 0 Å². The molecule has 1 atom stereocenters. The van der Waals surface area contributed by atoms with Crippen molar-refractivity contribution in [1.29, 1.82) is 0 Å². The van der Waals surface area contributed by atoms with Gasteiger partial charge in [-0.1, -0.05) is 6.07 Å². The summed E-state index contributed by atoms with van der Waals surface area (Å²) >= 11 is 0. The summed E-state index contributed by atoms with van der Waals surface area (Å²) in [5.41, 5.74) is 2.50. The number of hydrogen-bond acceptors (Lipinski definition) is 3. The molecule has 2 aliphatic rings. The lowest BCUT2D eigenvalue weighted by molar-refractivity contribution is 0.0846. The minimum atomic E-state index is -3.41. The maximum absolute atomic E-state index is 12.6. The van der Waals surface area contributed by atoms with E-state index < -0.39 is 10.0 Å². The number of aryl methyl sites for hydroxylation is 2. The third-order valence-corrected chi connectivity index (χ3v) is 5.95. The van der Waals surface area contributed by atoms with Gasteiger partial charge in [0, 0.05) is 6.54 Å². The molecule has 19 heavy (non-hydrogen) atoms. The lowest BCUT2D eigenvalue weighted by Crippen LogP contribution is -2.34. The second-order valence-electron chi connectivity index (χ2n) is 5.22. The van der Waals surface area contributed by atoms with Crippen molar-refractivity contribution in [2.45, 2.75) is 43.7 Å². The van der Waals surface area contributed by atoms with E-state index in [0.29, 0.717) is 18.0 Å². The maximum atomic E-state index is 12.6. The van der Waals surface area contributed by atoms with E-state index in [1.54, 1.807) is 13.0 Å². The molecule has 0 saturated carbocycles. The molecular formula is C14H19NO3S. The molecule has 0 bridgehead atoms. The molecule has 0 radical (unpaired) electrons. The average molecular weight is 281 g/mol. The molecule has 1 unspecified atom stereocenters. The maximum Gasteiger partial charge on any atom is 0.245 e. The molecule has 0 amide bonds. The van der Waals surface area contributed by atoms with E-state index in [1.807, 2.05) is 12.1 Å². The van der Waals surface area contributed by atoms with Gasteiger partial charge >= 0.3 is 0 Å². The first kappa shape index (κ1) is 13.1. The fourth-order valence-corrected chi connectivity index (χ4v) is 4.47. The van der Waals surface area contributed by atoms with Crippen LogP contribution in [0.2, 0.25) is 0 Å². The Labute approximate surface area is 114 Å². The van der Waals surface area contributed by atoms with Crippen molar-refractivity contribution in [3.05, 3.63) is 29.3 Å². The molecule has 4 nitrogen and oxygen atoms in total. The van der Waals surface area contributed by atoms with Crippen LogP contribution in [0.3, 0.4) is 0 Å². The molecule has 0 spiro atoms. The summed E-state index contributed by atoms with van der Waals surface area (Å²) in [6.45, 7) is 2.70. The fraction of sp³-hybridized carbons (Fsp3) is 0.571. The Balaban J connectivity index is 1.97. The van der Waals surface area contributed by atoms with Crippen molar-refractivity contribution in [3.63, 3.8) is 0 Å². The number of ether oxygens (including phenoxy) is 1. The summed E-state index contributed by atoms with van der Waals surface area (Å²) in [6, 6.07) is 5.57. The van der Waals surface area contributed by atoms with Gasteiger partial charge in [-0.15, -0.1) is 0 Å². The van der Waals surface area contributed by atoms with Gasteiger partial charge < -0.3 is 4.74 Å². The van der Waals surface area contributed by atoms with Gasteiger partial charge in [0.05, 0.1) is 11.5 Å². The van der Waals surface area contributed by atoms with Gasteiger partial charge in [-0.2, -0.15) is 4.31 Å². The Hall–Kier alpha value is -0.910. The zero-order valence-corrected chi connectivity index (χ0v) is 11.9. The standard InChI is InChI=1S/C14H19NO3S/c1-11-15(8-9-18-11)19(16,17)14-7-6-12-4-2-3-5-13(12)10-14/h6-7,10-11H,2-5,8-9H2,1H3. The van der Waals surface area contributed by atoms with Crippen molar-refractivity contribution >= 4 is 10.0 Å². The Morgan fingerprint density at radius 2 is 1.95 bits per heavy atom. The Morgan fingerprint density at radius 3 is 2.63 bits per heavy atom.